The van der Waals surface area contributed by atoms with Gasteiger partial charge in [0.25, 0.3) is 0 Å². The van der Waals surface area contributed by atoms with Crippen molar-refractivity contribution in [2.24, 2.45) is 5.92 Å². The molecule has 0 saturated carbocycles. The molecule has 0 aliphatic carbocycles. The smallest absolute Gasteiger partial charge is 0.143 e. The fourth-order valence-corrected chi connectivity index (χ4v) is 2.05. The van der Waals surface area contributed by atoms with Crippen LogP contribution < -0.4 is 4.90 Å². The third-order valence-corrected chi connectivity index (χ3v) is 3.25. The molecule has 0 radical (unpaired) electrons. The van der Waals surface area contributed by atoms with Crippen molar-refractivity contribution >= 4 is 23.1 Å². The normalized spacial score (nSPS) is 21.3. The fourth-order valence-electron chi connectivity index (χ4n) is 1.93. The topological polar surface area (TPSA) is 20.3 Å². The summed E-state index contributed by atoms with van der Waals surface area (Å²) in [5.74, 6) is -0.109. The lowest BCUT2D eigenvalue weighted by Crippen LogP contribution is -2.39. The van der Waals surface area contributed by atoms with E-state index in [1.165, 1.54) is 6.07 Å². The summed E-state index contributed by atoms with van der Waals surface area (Å²) in [5.41, 5.74) is 0.793. The SMILES string of the molecule is CC1CN(c2ccc(Cl)c(F)c2)CCC1=O. The summed E-state index contributed by atoms with van der Waals surface area (Å²) < 4.78 is 13.3. The predicted octanol–water partition coefficient (Wildman–Crippen LogP) is 2.89. The van der Waals surface area contributed by atoms with Crippen LogP contribution in [0.2, 0.25) is 5.02 Å². The van der Waals surface area contributed by atoms with Crippen molar-refractivity contribution in [3.8, 4) is 0 Å². The van der Waals surface area contributed by atoms with Crippen molar-refractivity contribution in [2.75, 3.05) is 18.0 Å². The van der Waals surface area contributed by atoms with Gasteiger partial charge in [0.05, 0.1) is 5.02 Å². The van der Waals surface area contributed by atoms with Crippen molar-refractivity contribution in [1.29, 1.82) is 0 Å². The largest absolute Gasteiger partial charge is 0.370 e. The molecule has 1 saturated heterocycles. The van der Waals surface area contributed by atoms with Crippen molar-refractivity contribution in [3.05, 3.63) is 29.0 Å². The highest BCUT2D eigenvalue weighted by atomic mass is 35.5. The molecule has 1 aliphatic heterocycles. The van der Waals surface area contributed by atoms with Gasteiger partial charge in [0.2, 0.25) is 0 Å². The average Bonchev–Trinajstić information content (AvgIpc) is 2.26. The van der Waals surface area contributed by atoms with Gasteiger partial charge in [-0.05, 0) is 18.2 Å². The maximum absolute atomic E-state index is 13.3. The summed E-state index contributed by atoms with van der Waals surface area (Å²) in [7, 11) is 0. The number of carbonyl (C=O) groups excluding carboxylic acids is 1. The highest BCUT2D eigenvalue weighted by Gasteiger charge is 2.23. The minimum atomic E-state index is -0.413. The fraction of sp³-hybridized carbons (Fsp3) is 0.417. The number of piperidine rings is 1. The molecular weight excluding hydrogens is 229 g/mol. The van der Waals surface area contributed by atoms with Crippen LogP contribution in [-0.4, -0.2) is 18.9 Å². The average molecular weight is 242 g/mol. The van der Waals surface area contributed by atoms with Gasteiger partial charge in [-0.25, -0.2) is 4.39 Å². The molecule has 1 aromatic rings. The highest BCUT2D eigenvalue weighted by Crippen LogP contribution is 2.25. The maximum atomic E-state index is 13.3. The van der Waals surface area contributed by atoms with E-state index in [0.717, 1.165) is 5.69 Å². The van der Waals surface area contributed by atoms with E-state index >= 15 is 0 Å². The first-order valence-electron chi connectivity index (χ1n) is 5.30. The molecule has 2 rings (SSSR count). The molecule has 1 aromatic carbocycles. The van der Waals surface area contributed by atoms with Gasteiger partial charge in [0.1, 0.15) is 11.6 Å². The second-order valence-corrected chi connectivity index (χ2v) is 4.57. The van der Waals surface area contributed by atoms with Gasteiger partial charge in [-0.15, -0.1) is 0 Å². The van der Waals surface area contributed by atoms with E-state index < -0.39 is 5.82 Å². The Morgan fingerprint density at radius 2 is 2.25 bits per heavy atom. The summed E-state index contributed by atoms with van der Waals surface area (Å²) in [6.07, 6.45) is 0.533. The van der Waals surface area contributed by atoms with Crippen molar-refractivity contribution in [3.63, 3.8) is 0 Å². The van der Waals surface area contributed by atoms with Crippen LogP contribution in [0.3, 0.4) is 0 Å². The molecule has 0 spiro atoms. The molecular formula is C12H13ClFNO. The molecule has 1 fully saturated rings. The molecule has 1 aliphatic rings. The summed E-state index contributed by atoms with van der Waals surface area (Å²) in [4.78, 5) is 13.4. The molecule has 1 unspecified atom stereocenters. The Balaban J connectivity index is 2.18. The number of ketones is 1. The number of anilines is 1. The molecule has 0 aromatic heterocycles. The molecule has 1 atom stereocenters. The minimum absolute atomic E-state index is 0.0208. The van der Waals surface area contributed by atoms with Gasteiger partial charge in [0, 0.05) is 31.1 Å². The Morgan fingerprint density at radius 1 is 1.50 bits per heavy atom. The zero-order chi connectivity index (χ0) is 11.7. The molecule has 16 heavy (non-hydrogen) atoms. The number of hydrogen-bond acceptors (Lipinski definition) is 2. The van der Waals surface area contributed by atoms with Crippen LogP contribution in [0.4, 0.5) is 10.1 Å². The Morgan fingerprint density at radius 3 is 2.88 bits per heavy atom. The molecule has 0 amide bonds. The number of rotatable bonds is 1. The number of Topliss-reactive ketones (excluding diaryl/α,β-unsaturated/α-hetero) is 1. The second-order valence-electron chi connectivity index (χ2n) is 4.16. The summed E-state index contributed by atoms with van der Waals surface area (Å²) in [6, 6.07) is 4.76. The Kier molecular flexibility index (Phi) is 3.15. The number of carbonyl (C=O) groups is 1. The lowest BCUT2D eigenvalue weighted by atomic mass is 9.98. The molecule has 4 heteroatoms. The summed E-state index contributed by atoms with van der Waals surface area (Å²) in [5, 5.41) is 0.130. The van der Waals surface area contributed by atoms with Crippen LogP contribution in [0.1, 0.15) is 13.3 Å². The Hall–Kier alpha value is -1.09. The zero-order valence-electron chi connectivity index (χ0n) is 9.04. The quantitative estimate of drug-likeness (QED) is 0.754. The van der Waals surface area contributed by atoms with E-state index in [-0.39, 0.29) is 16.7 Å². The summed E-state index contributed by atoms with van der Waals surface area (Å²) >= 11 is 5.62. The van der Waals surface area contributed by atoms with E-state index in [1.54, 1.807) is 12.1 Å². The number of halogens is 2. The first-order chi connectivity index (χ1) is 7.58. The van der Waals surface area contributed by atoms with Crippen molar-refractivity contribution in [2.45, 2.75) is 13.3 Å². The third kappa shape index (κ3) is 2.19. The minimum Gasteiger partial charge on any atom is -0.370 e. The van der Waals surface area contributed by atoms with Gasteiger partial charge in [0.15, 0.2) is 0 Å². The van der Waals surface area contributed by atoms with Gasteiger partial charge in [-0.1, -0.05) is 18.5 Å². The van der Waals surface area contributed by atoms with Gasteiger partial charge in [-0.3, -0.25) is 4.79 Å². The molecule has 86 valence electrons. The summed E-state index contributed by atoms with van der Waals surface area (Å²) in [6.45, 7) is 3.21. The van der Waals surface area contributed by atoms with Crippen LogP contribution in [0.25, 0.3) is 0 Å². The second kappa shape index (κ2) is 4.42. The van der Waals surface area contributed by atoms with E-state index in [1.807, 2.05) is 11.8 Å². The van der Waals surface area contributed by atoms with Crippen molar-refractivity contribution < 1.29 is 9.18 Å². The molecule has 0 N–H and O–H groups in total. The number of nitrogens with zero attached hydrogens (tertiary/aromatic N) is 1. The Labute approximate surface area is 99.0 Å². The predicted molar refractivity (Wildman–Crippen MR) is 62.4 cm³/mol. The highest BCUT2D eigenvalue weighted by molar-refractivity contribution is 6.30. The number of benzene rings is 1. The molecule has 0 bridgehead atoms. The van der Waals surface area contributed by atoms with Gasteiger partial charge in [-0.2, -0.15) is 0 Å². The number of hydrogen-bond donors (Lipinski definition) is 0. The molecule has 2 nitrogen and oxygen atoms in total. The first-order valence-corrected chi connectivity index (χ1v) is 5.68. The van der Waals surface area contributed by atoms with Crippen LogP contribution in [-0.2, 0) is 4.79 Å². The lowest BCUT2D eigenvalue weighted by molar-refractivity contribution is -0.122. The van der Waals surface area contributed by atoms with Crippen LogP contribution in [0, 0.1) is 11.7 Å². The van der Waals surface area contributed by atoms with Gasteiger partial charge < -0.3 is 4.90 Å². The van der Waals surface area contributed by atoms with Crippen LogP contribution in [0.15, 0.2) is 18.2 Å². The van der Waals surface area contributed by atoms with Gasteiger partial charge >= 0.3 is 0 Å². The van der Waals surface area contributed by atoms with E-state index in [4.69, 9.17) is 11.6 Å². The maximum Gasteiger partial charge on any atom is 0.143 e. The van der Waals surface area contributed by atoms with E-state index in [9.17, 15) is 9.18 Å². The van der Waals surface area contributed by atoms with E-state index in [2.05, 4.69) is 0 Å². The molecule has 1 heterocycles. The lowest BCUT2D eigenvalue weighted by Gasteiger charge is -2.31. The standard InChI is InChI=1S/C12H13ClFNO/c1-8-7-15(5-4-12(8)16)9-2-3-10(13)11(14)6-9/h2-3,6,8H,4-5,7H2,1H3. The zero-order valence-corrected chi connectivity index (χ0v) is 9.80. The first kappa shape index (κ1) is 11.4. The van der Waals surface area contributed by atoms with E-state index in [0.29, 0.717) is 19.5 Å². The Bertz CT molecular complexity index is 421. The monoisotopic (exact) mass is 241 g/mol. The van der Waals surface area contributed by atoms with Crippen molar-refractivity contribution in [1.82, 2.24) is 0 Å². The van der Waals surface area contributed by atoms with Crippen LogP contribution in [0.5, 0.6) is 0 Å². The third-order valence-electron chi connectivity index (χ3n) is 2.94. The van der Waals surface area contributed by atoms with Crippen LogP contribution >= 0.6 is 11.6 Å².